The molecule has 0 saturated carbocycles. The number of carbonyl (C=O) groups excluding carboxylic acids is 1. The zero-order valence-corrected chi connectivity index (χ0v) is 12.5. The quantitative estimate of drug-likeness (QED) is 0.371. The van der Waals surface area contributed by atoms with Crippen LogP contribution in [0.1, 0.15) is 18.3 Å². The Morgan fingerprint density at radius 1 is 1.36 bits per heavy atom. The fourth-order valence-electron chi connectivity index (χ4n) is 1.88. The van der Waals surface area contributed by atoms with Crippen LogP contribution in [0.3, 0.4) is 0 Å². The van der Waals surface area contributed by atoms with Gasteiger partial charge in [0, 0.05) is 24.0 Å². The van der Waals surface area contributed by atoms with E-state index in [2.05, 4.69) is 15.4 Å². The van der Waals surface area contributed by atoms with Crippen LogP contribution < -0.4 is 5.32 Å². The second-order valence-corrected chi connectivity index (χ2v) is 4.57. The molecule has 2 aromatic rings. The fourth-order valence-corrected chi connectivity index (χ4v) is 1.88. The molecular formula is C14H16N4O4. The average Bonchev–Trinajstić information content (AvgIpc) is 2.78. The number of aromatic nitrogens is 3. The molecule has 0 saturated heterocycles. The number of aliphatic carboxylic acids is 1. The maximum Gasteiger partial charge on any atom is 0.347 e. The molecule has 2 rings (SSSR count). The molecular weight excluding hydrogens is 288 g/mol. The molecule has 116 valence electrons. The van der Waals surface area contributed by atoms with Crippen molar-refractivity contribution in [1.82, 2.24) is 14.6 Å². The van der Waals surface area contributed by atoms with Crippen molar-refractivity contribution >= 4 is 23.4 Å². The number of hydrogen-bond donors (Lipinski definition) is 2. The molecule has 2 aromatic heterocycles. The van der Waals surface area contributed by atoms with Gasteiger partial charge in [-0.3, -0.25) is 0 Å². The minimum absolute atomic E-state index is 0.0976. The van der Waals surface area contributed by atoms with Gasteiger partial charge >= 0.3 is 11.9 Å². The highest BCUT2D eigenvalue weighted by atomic mass is 16.5. The van der Waals surface area contributed by atoms with Gasteiger partial charge < -0.3 is 15.2 Å². The first kappa shape index (κ1) is 15.5. The number of aryl methyl sites for hydroxylation is 2. The predicted octanol–water partition coefficient (Wildman–Crippen LogP) is 1.29. The van der Waals surface area contributed by atoms with Crippen molar-refractivity contribution < 1.29 is 19.4 Å². The molecule has 2 N–H and O–H groups in total. The van der Waals surface area contributed by atoms with Crippen LogP contribution in [0.25, 0.3) is 5.65 Å². The monoisotopic (exact) mass is 304 g/mol. The molecule has 0 aliphatic heterocycles. The van der Waals surface area contributed by atoms with Crippen LogP contribution >= 0.6 is 0 Å². The van der Waals surface area contributed by atoms with Crippen LogP contribution in [-0.4, -0.2) is 38.3 Å². The normalized spacial score (nSPS) is 11.5. The molecule has 0 amide bonds. The number of carboxylic acid groups (broad SMARTS) is 1. The molecule has 0 aliphatic carbocycles. The molecule has 0 aromatic carbocycles. The van der Waals surface area contributed by atoms with Crippen molar-refractivity contribution in [2.45, 2.75) is 20.8 Å². The second kappa shape index (κ2) is 6.25. The van der Waals surface area contributed by atoms with Crippen LogP contribution in [0.15, 0.2) is 23.9 Å². The Labute approximate surface area is 126 Å². The lowest BCUT2D eigenvalue weighted by atomic mass is 10.3. The van der Waals surface area contributed by atoms with Gasteiger partial charge in [0.25, 0.3) is 0 Å². The number of nitrogens with one attached hydrogen (secondary N) is 1. The molecule has 0 radical (unpaired) electrons. The zero-order chi connectivity index (χ0) is 16.3. The van der Waals surface area contributed by atoms with E-state index in [0.717, 1.165) is 17.6 Å². The molecule has 0 spiro atoms. The topological polar surface area (TPSA) is 106 Å². The van der Waals surface area contributed by atoms with Crippen LogP contribution in [0, 0.1) is 13.8 Å². The smallest absolute Gasteiger partial charge is 0.347 e. The zero-order valence-electron chi connectivity index (χ0n) is 12.5. The Morgan fingerprint density at radius 2 is 2.09 bits per heavy atom. The number of esters is 1. The van der Waals surface area contributed by atoms with Crippen molar-refractivity contribution in [3.8, 4) is 0 Å². The Morgan fingerprint density at radius 3 is 2.73 bits per heavy atom. The summed E-state index contributed by atoms with van der Waals surface area (Å²) in [6, 6.07) is 3.49. The van der Waals surface area contributed by atoms with Gasteiger partial charge in [0.15, 0.2) is 11.2 Å². The van der Waals surface area contributed by atoms with E-state index in [1.165, 1.54) is 4.52 Å². The predicted molar refractivity (Wildman–Crippen MR) is 78.4 cm³/mol. The number of anilines is 1. The number of carbonyl (C=O) groups is 2. The Kier molecular flexibility index (Phi) is 4.40. The first-order chi connectivity index (χ1) is 10.4. The van der Waals surface area contributed by atoms with Crippen molar-refractivity contribution in [3.05, 3.63) is 35.3 Å². The van der Waals surface area contributed by atoms with Gasteiger partial charge in [-0.2, -0.15) is 9.61 Å². The third kappa shape index (κ3) is 3.22. The van der Waals surface area contributed by atoms with Crippen molar-refractivity contribution in [2.75, 3.05) is 11.9 Å². The number of fused-ring (bicyclic) bond motifs is 1. The molecule has 0 unspecified atom stereocenters. The van der Waals surface area contributed by atoms with Crippen molar-refractivity contribution in [1.29, 1.82) is 0 Å². The lowest BCUT2D eigenvalue weighted by molar-refractivity contribution is -0.143. The summed E-state index contributed by atoms with van der Waals surface area (Å²) < 4.78 is 6.24. The molecule has 0 bridgehead atoms. The van der Waals surface area contributed by atoms with Crippen LogP contribution in [0.5, 0.6) is 0 Å². The maximum absolute atomic E-state index is 11.6. The fraction of sp³-hybridized carbons (Fsp3) is 0.286. The minimum atomic E-state index is -1.37. The van der Waals surface area contributed by atoms with E-state index in [9.17, 15) is 9.59 Å². The van der Waals surface area contributed by atoms with Gasteiger partial charge in [0.1, 0.15) is 5.82 Å². The van der Waals surface area contributed by atoms with Gasteiger partial charge in [-0.25, -0.2) is 14.6 Å². The summed E-state index contributed by atoms with van der Waals surface area (Å²) in [4.78, 5) is 27.0. The Hall–Kier alpha value is -2.90. The lowest BCUT2D eigenvalue weighted by Gasteiger charge is -2.07. The largest absolute Gasteiger partial charge is 0.477 e. The van der Waals surface area contributed by atoms with Gasteiger partial charge in [-0.15, -0.1) is 0 Å². The van der Waals surface area contributed by atoms with E-state index in [1.54, 1.807) is 26.0 Å². The van der Waals surface area contributed by atoms with E-state index in [4.69, 9.17) is 9.84 Å². The first-order valence-corrected chi connectivity index (χ1v) is 6.63. The first-order valence-electron chi connectivity index (χ1n) is 6.63. The number of hydrogen-bond acceptors (Lipinski definition) is 6. The summed E-state index contributed by atoms with van der Waals surface area (Å²) in [5.41, 5.74) is 1.64. The SMILES string of the molecule is CCOC(=O)C(=CNc1cc(C)nc2cc(C)nn12)C(=O)O. The van der Waals surface area contributed by atoms with E-state index < -0.39 is 17.5 Å². The summed E-state index contributed by atoms with van der Waals surface area (Å²) in [7, 11) is 0. The van der Waals surface area contributed by atoms with Gasteiger partial charge in [0.05, 0.1) is 12.3 Å². The molecule has 8 heteroatoms. The maximum atomic E-state index is 11.6. The molecule has 8 nitrogen and oxygen atoms in total. The average molecular weight is 304 g/mol. The van der Waals surface area contributed by atoms with E-state index in [1.807, 2.05) is 6.92 Å². The molecule has 0 atom stereocenters. The Balaban J connectivity index is 2.38. The summed E-state index contributed by atoms with van der Waals surface area (Å²) in [6.07, 6.45) is 1.09. The van der Waals surface area contributed by atoms with Crippen LogP contribution in [0.4, 0.5) is 5.82 Å². The number of carboxylic acids is 1. The van der Waals surface area contributed by atoms with Gasteiger partial charge in [-0.05, 0) is 20.8 Å². The van der Waals surface area contributed by atoms with E-state index in [-0.39, 0.29) is 6.61 Å². The summed E-state index contributed by atoms with van der Waals surface area (Å²) >= 11 is 0. The second-order valence-electron chi connectivity index (χ2n) is 4.57. The summed E-state index contributed by atoms with van der Waals surface area (Å²) in [5, 5.41) is 16.1. The van der Waals surface area contributed by atoms with Gasteiger partial charge in [0.2, 0.25) is 0 Å². The minimum Gasteiger partial charge on any atom is -0.477 e. The highest BCUT2D eigenvalue weighted by molar-refractivity contribution is 6.13. The Bertz CT molecular complexity index is 764. The third-order valence-electron chi connectivity index (χ3n) is 2.77. The molecule has 0 aliphatic rings. The molecule has 2 heterocycles. The standard InChI is InChI=1S/C14H16N4O4/c1-4-22-14(21)10(13(19)20)7-15-11-5-8(2)16-12-6-9(3)17-18(11)12/h5-7,15H,4H2,1-3H3,(H,19,20). The van der Waals surface area contributed by atoms with Crippen LogP contribution in [0.2, 0.25) is 0 Å². The van der Waals surface area contributed by atoms with Crippen LogP contribution in [-0.2, 0) is 14.3 Å². The van der Waals surface area contributed by atoms with Crippen molar-refractivity contribution in [2.24, 2.45) is 0 Å². The lowest BCUT2D eigenvalue weighted by Crippen LogP contribution is -2.17. The van der Waals surface area contributed by atoms with Gasteiger partial charge in [-0.1, -0.05) is 0 Å². The molecule has 0 fully saturated rings. The third-order valence-corrected chi connectivity index (χ3v) is 2.77. The van der Waals surface area contributed by atoms with E-state index >= 15 is 0 Å². The van der Waals surface area contributed by atoms with E-state index in [0.29, 0.717) is 11.5 Å². The highest BCUT2D eigenvalue weighted by Gasteiger charge is 2.18. The number of nitrogens with zero attached hydrogens (tertiary/aromatic N) is 3. The summed E-state index contributed by atoms with van der Waals surface area (Å²) in [6.45, 7) is 5.33. The molecule has 22 heavy (non-hydrogen) atoms. The summed E-state index contributed by atoms with van der Waals surface area (Å²) in [5.74, 6) is -1.77. The number of ether oxygens (including phenoxy) is 1. The number of rotatable bonds is 5. The highest BCUT2D eigenvalue weighted by Crippen LogP contribution is 2.14. The van der Waals surface area contributed by atoms with Crippen molar-refractivity contribution in [3.63, 3.8) is 0 Å².